The number of aromatic nitrogens is 2. The predicted molar refractivity (Wildman–Crippen MR) is 139 cm³/mol. The monoisotopic (exact) mass is 511 g/mol. The minimum atomic E-state index is -0.817. The summed E-state index contributed by atoms with van der Waals surface area (Å²) in [4.78, 5) is 39.4. The molecule has 2 aromatic carbocycles. The van der Waals surface area contributed by atoms with E-state index in [2.05, 4.69) is 10.2 Å². The van der Waals surface area contributed by atoms with Crippen LogP contribution in [0.25, 0.3) is 11.0 Å². The average Bonchev–Trinajstić information content (AvgIpc) is 3.18. The lowest BCUT2D eigenvalue weighted by Gasteiger charge is -2.38. The third kappa shape index (κ3) is 6.02. The zero-order valence-corrected chi connectivity index (χ0v) is 21.2. The van der Waals surface area contributed by atoms with Gasteiger partial charge in [0.25, 0.3) is 0 Å². The first-order chi connectivity index (χ1) is 17.8. The predicted octanol–water partition coefficient (Wildman–Crippen LogP) is 4.02. The van der Waals surface area contributed by atoms with E-state index >= 15 is 0 Å². The van der Waals surface area contributed by atoms with Gasteiger partial charge in [0, 0.05) is 25.0 Å². The first-order valence-electron chi connectivity index (χ1n) is 12.7. The van der Waals surface area contributed by atoms with E-state index in [1.807, 2.05) is 32.0 Å². The number of hydrogen-bond acceptors (Lipinski definition) is 5. The fourth-order valence-corrected chi connectivity index (χ4v) is 5.16. The number of nitrogens with two attached hydrogens (primary N) is 1. The van der Waals surface area contributed by atoms with E-state index in [4.69, 9.17) is 10.5 Å². The molecule has 1 aliphatic rings. The van der Waals surface area contributed by atoms with Gasteiger partial charge in [-0.15, -0.1) is 0 Å². The summed E-state index contributed by atoms with van der Waals surface area (Å²) in [5, 5.41) is 2.96. The van der Waals surface area contributed by atoms with Gasteiger partial charge in [-0.05, 0) is 75.5 Å². The number of amides is 2. The highest BCUT2D eigenvalue weighted by molar-refractivity contribution is 5.89. The van der Waals surface area contributed by atoms with Crippen LogP contribution in [0, 0.1) is 11.7 Å². The molecule has 198 valence electrons. The molecule has 9 nitrogen and oxygen atoms in total. The SMILES string of the molecule is CC(C)n1c(=O)n(C(=O)NCC2CCN(C(CCOC(N)=O)c3ccc(F)cc3)CC2)c2ccccc21. The Kier molecular flexibility index (Phi) is 8.27. The Labute approximate surface area is 215 Å². The van der Waals surface area contributed by atoms with Crippen molar-refractivity contribution in [3.05, 3.63) is 70.4 Å². The average molecular weight is 512 g/mol. The number of carbonyl (C=O) groups is 2. The Morgan fingerprint density at radius 2 is 1.73 bits per heavy atom. The molecule has 4 rings (SSSR count). The molecule has 0 saturated carbocycles. The van der Waals surface area contributed by atoms with Crippen LogP contribution < -0.4 is 16.7 Å². The van der Waals surface area contributed by atoms with Crippen molar-refractivity contribution < 1.29 is 18.7 Å². The number of imidazole rings is 1. The van der Waals surface area contributed by atoms with Crippen LogP contribution in [0.4, 0.5) is 14.0 Å². The van der Waals surface area contributed by atoms with E-state index < -0.39 is 12.1 Å². The standard InChI is InChI=1S/C27H34FN5O4/c1-18(2)32-23-5-3-4-6-24(23)33(27(32)36)26(35)30-17-19-11-14-31(15-12-19)22(13-16-37-25(29)34)20-7-9-21(28)10-8-20/h3-10,18-19,22H,11-17H2,1-2H3,(H2,29,34)(H,30,35). The highest BCUT2D eigenvalue weighted by Crippen LogP contribution is 2.29. The number of hydrogen-bond donors (Lipinski definition) is 2. The molecule has 1 fully saturated rings. The van der Waals surface area contributed by atoms with Crippen LogP contribution in [0.5, 0.6) is 0 Å². The van der Waals surface area contributed by atoms with Crippen molar-refractivity contribution in [3.63, 3.8) is 0 Å². The fourth-order valence-electron chi connectivity index (χ4n) is 5.16. The molecule has 1 saturated heterocycles. The molecule has 1 aliphatic heterocycles. The molecule has 3 aromatic rings. The van der Waals surface area contributed by atoms with Gasteiger partial charge in [-0.1, -0.05) is 24.3 Å². The summed E-state index contributed by atoms with van der Waals surface area (Å²) in [5.41, 5.74) is 7.04. The molecule has 0 aliphatic carbocycles. The molecule has 1 unspecified atom stereocenters. The van der Waals surface area contributed by atoms with Crippen LogP contribution in [0.2, 0.25) is 0 Å². The van der Waals surface area contributed by atoms with E-state index in [1.54, 1.807) is 22.8 Å². The minimum absolute atomic E-state index is 0.0452. The molecule has 2 amide bonds. The number of rotatable bonds is 8. The normalized spacial score (nSPS) is 15.7. The summed E-state index contributed by atoms with van der Waals surface area (Å²) in [7, 11) is 0. The van der Waals surface area contributed by atoms with E-state index in [0.29, 0.717) is 18.5 Å². The molecule has 2 heterocycles. The maximum atomic E-state index is 13.5. The lowest BCUT2D eigenvalue weighted by Crippen LogP contribution is -2.43. The smallest absolute Gasteiger partial charge is 0.404 e. The first-order valence-corrected chi connectivity index (χ1v) is 12.7. The van der Waals surface area contributed by atoms with Crippen LogP contribution in [-0.4, -0.2) is 52.4 Å². The van der Waals surface area contributed by atoms with Crippen molar-refractivity contribution >= 4 is 23.2 Å². The highest BCUT2D eigenvalue weighted by atomic mass is 19.1. The maximum absolute atomic E-state index is 13.5. The number of piperidine rings is 1. The van der Waals surface area contributed by atoms with Gasteiger partial charge in [0.05, 0.1) is 17.6 Å². The third-order valence-electron chi connectivity index (χ3n) is 7.02. The lowest BCUT2D eigenvalue weighted by molar-refractivity contribution is 0.0995. The quantitative estimate of drug-likeness (QED) is 0.475. The number of nitrogens with one attached hydrogen (secondary N) is 1. The number of carbonyl (C=O) groups excluding carboxylic acids is 2. The summed E-state index contributed by atoms with van der Waals surface area (Å²) in [6.45, 7) is 6.02. The Morgan fingerprint density at radius 1 is 1.08 bits per heavy atom. The zero-order chi connectivity index (χ0) is 26.5. The van der Waals surface area contributed by atoms with Crippen molar-refractivity contribution in [2.45, 2.75) is 45.2 Å². The third-order valence-corrected chi connectivity index (χ3v) is 7.02. The second-order valence-electron chi connectivity index (χ2n) is 9.76. The van der Waals surface area contributed by atoms with Crippen molar-refractivity contribution in [1.29, 1.82) is 0 Å². The number of nitrogens with zero attached hydrogens (tertiary/aromatic N) is 3. The maximum Gasteiger partial charge on any atom is 0.404 e. The zero-order valence-electron chi connectivity index (χ0n) is 21.2. The van der Waals surface area contributed by atoms with Gasteiger partial charge < -0.3 is 15.8 Å². The highest BCUT2D eigenvalue weighted by Gasteiger charge is 2.27. The van der Waals surface area contributed by atoms with Gasteiger partial charge in [-0.3, -0.25) is 9.47 Å². The largest absolute Gasteiger partial charge is 0.450 e. The van der Waals surface area contributed by atoms with Crippen molar-refractivity contribution in [1.82, 2.24) is 19.4 Å². The summed E-state index contributed by atoms with van der Waals surface area (Å²) in [6, 6.07) is 13.1. The number of ether oxygens (including phenoxy) is 1. The number of likely N-dealkylation sites (tertiary alicyclic amines) is 1. The topological polar surface area (TPSA) is 112 Å². The Balaban J connectivity index is 1.38. The second-order valence-corrected chi connectivity index (χ2v) is 9.76. The van der Waals surface area contributed by atoms with Crippen LogP contribution in [0.3, 0.4) is 0 Å². The van der Waals surface area contributed by atoms with Crippen molar-refractivity contribution in [2.75, 3.05) is 26.2 Å². The molecule has 10 heteroatoms. The molecule has 0 bridgehead atoms. The van der Waals surface area contributed by atoms with Gasteiger partial charge in [0.2, 0.25) is 0 Å². The van der Waals surface area contributed by atoms with Crippen LogP contribution in [-0.2, 0) is 4.74 Å². The summed E-state index contributed by atoms with van der Waals surface area (Å²) in [5.74, 6) is -0.0500. The molecule has 0 radical (unpaired) electrons. The summed E-state index contributed by atoms with van der Waals surface area (Å²) in [6.07, 6.45) is 1.41. The number of primary amides is 1. The van der Waals surface area contributed by atoms with Crippen LogP contribution >= 0.6 is 0 Å². The Bertz CT molecular complexity index is 1290. The lowest BCUT2D eigenvalue weighted by atomic mass is 9.93. The number of para-hydroxylation sites is 2. The molecule has 3 N–H and O–H groups in total. The van der Waals surface area contributed by atoms with Gasteiger partial charge in [-0.2, -0.15) is 0 Å². The summed E-state index contributed by atoms with van der Waals surface area (Å²) >= 11 is 0. The summed E-state index contributed by atoms with van der Waals surface area (Å²) < 4.78 is 21.3. The van der Waals surface area contributed by atoms with Crippen molar-refractivity contribution in [2.24, 2.45) is 11.7 Å². The van der Waals surface area contributed by atoms with Crippen LogP contribution in [0.15, 0.2) is 53.3 Å². The number of benzene rings is 2. The van der Waals surface area contributed by atoms with Gasteiger partial charge >= 0.3 is 17.8 Å². The van der Waals surface area contributed by atoms with E-state index in [1.165, 1.54) is 16.7 Å². The fraction of sp³-hybridized carbons (Fsp3) is 0.444. The first kappa shape index (κ1) is 26.4. The Morgan fingerprint density at radius 3 is 2.35 bits per heavy atom. The van der Waals surface area contributed by atoms with Crippen molar-refractivity contribution in [3.8, 4) is 0 Å². The van der Waals surface area contributed by atoms with Crippen LogP contribution in [0.1, 0.15) is 50.8 Å². The Hall–Kier alpha value is -3.66. The molecule has 0 spiro atoms. The molecular weight excluding hydrogens is 477 g/mol. The van der Waals surface area contributed by atoms with E-state index in [-0.39, 0.29) is 36.1 Å². The second kappa shape index (κ2) is 11.6. The molecule has 37 heavy (non-hydrogen) atoms. The molecular formula is C27H34FN5O4. The molecule has 1 aromatic heterocycles. The number of fused-ring (bicyclic) bond motifs is 1. The number of halogens is 1. The molecule has 1 atom stereocenters. The van der Waals surface area contributed by atoms with E-state index in [9.17, 15) is 18.8 Å². The van der Waals surface area contributed by atoms with Gasteiger partial charge in [0.1, 0.15) is 5.82 Å². The minimum Gasteiger partial charge on any atom is -0.450 e. The van der Waals surface area contributed by atoms with Gasteiger partial charge in [0.15, 0.2) is 0 Å². The van der Waals surface area contributed by atoms with E-state index in [0.717, 1.165) is 37.0 Å². The van der Waals surface area contributed by atoms with Gasteiger partial charge in [-0.25, -0.2) is 23.3 Å².